The highest BCUT2D eigenvalue weighted by Crippen LogP contribution is 2.31. The molecule has 0 amide bonds. The van der Waals surface area contributed by atoms with Crippen molar-refractivity contribution in [2.24, 2.45) is 5.73 Å². The summed E-state index contributed by atoms with van der Waals surface area (Å²) in [7, 11) is 0. The van der Waals surface area contributed by atoms with Gasteiger partial charge in [-0.05, 0) is 30.5 Å². The number of aromatic nitrogens is 2. The Morgan fingerprint density at radius 2 is 2.05 bits per heavy atom. The Kier molecular flexibility index (Phi) is 3.75. The highest BCUT2D eigenvalue weighted by Gasteiger charge is 2.29. The topological polar surface area (TPSA) is 74.2 Å². The van der Waals surface area contributed by atoms with Crippen molar-refractivity contribution in [2.75, 3.05) is 6.54 Å². The first kappa shape index (κ1) is 13.2. The summed E-state index contributed by atoms with van der Waals surface area (Å²) < 4.78 is 23.8. The number of benzene rings is 1. The molecule has 0 aliphatic carbocycles. The van der Waals surface area contributed by atoms with Crippen LogP contribution in [0.15, 0.2) is 28.8 Å². The standard InChI is InChI=1S/C14H16FN3O2/c15-10-3-1-9(2-4-10)7-13-17-14(20-18-13)12-6-5-11(8-16)19-12/h1-4,11-12H,5-8,16H2. The maximum Gasteiger partial charge on any atom is 0.255 e. The molecule has 2 heterocycles. The van der Waals surface area contributed by atoms with Gasteiger partial charge in [-0.15, -0.1) is 0 Å². The minimum Gasteiger partial charge on any atom is -0.364 e. The molecule has 0 spiro atoms. The smallest absolute Gasteiger partial charge is 0.255 e. The quantitative estimate of drug-likeness (QED) is 0.925. The second kappa shape index (κ2) is 5.68. The van der Waals surface area contributed by atoms with Gasteiger partial charge in [0.1, 0.15) is 11.9 Å². The Balaban J connectivity index is 1.66. The third-order valence-corrected chi connectivity index (χ3v) is 3.41. The fourth-order valence-corrected chi connectivity index (χ4v) is 2.32. The summed E-state index contributed by atoms with van der Waals surface area (Å²) in [5.41, 5.74) is 6.51. The third-order valence-electron chi connectivity index (χ3n) is 3.41. The van der Waals surface area contributed by atoms with Crippen LogP contribution in [0, 0.1) is 5.82 Å². The molecule has 1 fully saturated rings. The average molecular weight is 277 g/mol. The minimum atomic E-state index is -0.255. The van der Waals surface area contributed by atoms with Crippen LogP contribution in [-0.4, -0.2) is 22.8 Å². The van der Waals surface area contributed by atoms with E-state index in [4.69, 9.17) is 15.0 Å². The van der Waals surface area contributed by atoms with Gasteiger partial charge in [0.05, 0.1) is 6.10 Å². The zero-order valence-corrected chi connectivity index (χ0v) is 11.0. The third kappa shape index (κ3) is 2.86. The van der Waals surface area contributed by atoms with Crippen LogP contribution in [0.2, 0.25) is 0 Å². The molecule has 0 radical (unpaired) electrons. The SMILES string of the molecule is NCC1CCC(c2nc(Cc3ccc(F)cc3)no2)O1. The summed E-state index contributed by atoms with van der Waals surface area (Å²) in [6.07, 6.45) is 2.19. The number of nitrogens with two attached hydrogens (primary N) is 1. The number of hydrogen-bond donors (Lipinski definition) is 1. The van der Waals surface area contributed by atoms with Gasteiger partial charge in [0.15, 0.2) is 5.82 Å². The maximum absolute atomic E-state index is 12.8. The predicted octanol–water partition coefficient (Wildman–Crippen LogP) is 1.98. The van der Waals surface area contributed by atoms with Crippen LogP contribution < -0.4 is 5.73 Å². The van der Waals surface area contributed by atoms with Crippen molar-refractivity contribution in [1.29, 1.82) is 0 Å². The Labute approximate surface area is 115 Å². The van der Waals surface area contributed by atoms with Gasteiger partial charge in [-0.3, -0.25) is 0 Å². The van der Waals surface area contributed by atoms with Crippen LogP contribution in [-0.2, 0) is 11.2 Å². The van der Waals surface area contributed by atoms with E-state index < -0.39 is 0 Å². The van der Waals surface area contributed by atoms with E-state index in [1.54, 1.807) is 12.1 Å². The van der Waals surface area contributed by atoms with E-state index in [1.165, 1.54) is 12.1 Å². The van der Waals surface area contributed by atoms with Gasteiger partial charge in [0.25, 0.3) is 5.89 Å². The zero-order valence-electron chi connectivity index (χ0n) is 11.0. The van der Waals surface area contributed by atoms with Gasteiger partial charge in [0.2, 0.25) is 0 Å². The molecule has 0 saturated carbocycles. The van der Waals surface area contributed by atoms with E-state index >= 15 is 0 Å². The van der Waals surface area contributed by atoms with Crippen molar-refractivity contribution in [3.05, 3.63) is 47.4 Å². The number of halogens is 1. The lowest BCUT2D eigenvalue weighted by Gasteiger charge is -2.07. The molecular weight excluding hydrogens is 261 g/mol. The molecule has 5 nitrogen and oxygen atoms in total. The Bertz CT molecular complexity index is 570. The first-order valence-electron chi connectivity index (χ1n) is 6.67. The number of nitrogens with zero attached hydrogens (tertiary/aromatic N) is 2. The Hall–Kier alpha value is -1.79. The van der Waals surface area contributed by atoms with Gasteiger partial charge in [-0.2, -0.15) is 4.98 Å². The highest BCUT2D eigenvalue weighted by atomic mass is 19.1. The normalized spacial score (nSPS) is 22.3. The molecule has 3 rings (SSSR count). The number of rotatable bonds is 4. The lowest BCUT2D eigenvalue weighted by molar-refractivity contribution is 0.0307. The molecule has 0 bridgehead atoms. The van der Waals surface area contributed by atoms with Crippen LogP contribution in [0.4, 0.5) is 4.39 Å². The van der Waals surface area contributed by atoms with Crippen molar-refractivity contribution >= 4 is 0 Å². The van der Waals surface area contributed by atoms with Crippen molar-refractivity contribution in [2.45, 2.75) is 31.5 Å². The van der Waals surface area contributed by atoms with Gasteiger partial charge in [0, 0.05) is 13.0 Å². The van der Waals surface area contributed by atoms with Crippen LogP contribution in [0.1, 0.15) is 36.2 Å². The van der Waals surface area contributed by atoms with Crippen molar-refractivity contribution < 1.29 is 13.7 Å². The Morgan fingerprint density at radius 3 is 2.75 bits per heavy atom. The molecule has 1 saturated heterocycles. The molecule has 1 aliphatic heterocycles. The molecule has 20 heavy (non-hydrogen) atoms. The van der Waals surface area contributed by atoms with E-state index in [-0.39, 0.29) is 18.0 Å². The van der Waals surface area contributed by atoms with E-state index in [0.717, 1.165) is 18.4 Å². The van der Waals surface area contributed by atoms with Gasteiger partial charge < -0.3 is 15.0 Å². The molecule has 2 aromatic rings. The number of ether oxygens (including phenoxy) is 1. The molecule has 6 heteroatoms. The van der Waals surface area contributed by atoms with Gasteiger partial charge >= 0.3 is 0 Å². The van der Waals surface area contributed by atoms with Gasteiger partial charge in [-0.25, -0.2) is 4.39 Å². The predicted molar refractivity (Wildman–Crippen MR) is 69.4 cm³/mol. The Morgan fingerprint density at radius 1 is 1.25 bits per heavy atom. The highest BCUT2D eigenvalue weighted by molar-refractivity contribution is 5.19. The molecule has 2 atom stereocenters. The summed E-state index contributed by atoms with van der Waals surface area (Å²) in [5, 5.41) is 3.94. The summed E-state index contributed by atoms with van der Waals surface area (Å²) in [6.45, 7) is 0.507. The first-order valence-corrected chi connectivity index (χ1v) is 6.67. The van der Waals surface area contributed by atoms with E-state index in [9.17, 15) is 4.39 Å². The maximum atomic E-state index is 12.8. The first-order chi connectivity index (χ1) is 9.74. The van der Waals surface area contributed by atoms with Crippen LogP contribution in [0.25, 0.3) is 0 Å². The lowest BCUT2D eigenvalue weighted by Crippen LogP contribution is -2.18. The molecule has 1 aromatic heterocycles. The summed E-state index contributed by atoms with van der Waals surface area (Å²) in [5.74, 6) is 0.819. The molecular formula is C14H16FN3O2. The number of hydrogen-bond acceptors (Lipinski definition) is 5. The van der Waals surface area contributed by atoms with Crippen LogP contribution in [0.3, 0.4) is 0 Å². The zero-order chi connectivity index (χ0) is 13.9. The molecule has 1 aromatic carbocycles. The monoisotopic (exact) mass is 277 g/mol. The molecule has 2 N–H and O–H groups in total. The summed E-state index contributed by atoms with van der Waals surface area (Å²) in [6, 6.07) is 6.26. The van der Waals surface area contributed by atoms with Crippen molar-refractivity contribution in [1.82, 2.24) is 10.1 Å². The molecule has 2 unspecified atom stereocenters. The molecule has 106 valence electrons. The van der Waals surface area contributed by atoms with E-state index in [1.807, 2.05) is 0 Å². The van der Waals surface area contributed by atoms with Crippen LogP contribution in [0.5, 0.6) is 0 Å². The van der Waals surface area contributed by atoms with Crippen molar-refractivity contribution in [3.8, 4) is 0 Å². The second-order valence-electron chi connectivity index (χ2n) is 4.91. The van der Waals surface area contributed by atoms with E-state index in [2.05, 4.69) is 10.1 Å². The minimum absolute atomic E-state index is 0.0763. The fraction of sp³-hybridized carbons (Fsp3) is 0.429. The van der Waals surface area contributed by atoms with E-state index in [0.29, 0.717) is 24.7 Å². The largest absolute Gasteiger partial charge is 0.364 e. The summed E-state index contributed by atoms with van der Waals surface area (Å²) in [4.78, 5) is 4.34. The fourth-order valence-electron chi connectivity index (χ4n) is 2.32. The lowest BCUT2D eigenvalue weighted by atomic mass is 10.1. The summed E-state index contributed by atoms with van der Waals surface area (Å²) >= 11 is 0. The second-order valence-corrected chi connectivity index (χ2v) is 4.91. The average Bonchev–Trinajstić information content (AvgIpc) is 3.10. The van der Waals surface area contributed by atoms with Crippen molar-refractivity contribution in [3.63, 3.8) is 0 Å². The van der Waals surface area contributed by atoms with Gasteiger partial charge in [-0.1, -0.05) is 17.3 Å². The van der Waals surface area contributed by atoms with Crippen LogP contribution >= 0.6 is 0 Å². The molecule has 1 aliphatic rings.